The molecule has 0 aromatic carbocycles. The number of halogens is 2. The van der Waals surface area contributed by atoms with Gasteiger partial charge in [0.15, 0.2) is 5.01 Å². The first-order valence-electron chi connectivity index (χ1n) is 6.53. The van der Waals surface area contributed by atoms with E-state index >= 15 is 0 Å². The first-order chi connectivity index (χ1) is 9.21. The SMILES string of the molecule is Cc1nc(C(=O)NCC2(O)CCC(F)(F)CC2)sc1C. The van der Waals surface area contributed by atoms with Crippen LogP contribution in [0, 0.1) is 13.8 Å². The number of hydrogen-bond acceptors (Lipinski definition) is 4. The number of thiazole rings is 1. The average molecular weight is 304 g/mol. The molecule has 1 fully saturated rings. The van der Waals surface area contributed by atoms with E-state index in [0.717, 1.165) is 10.6 Å². The molecule has 0 atom stereocenters. The normalized spacial score (nSPS) is 20.6. The second kappa shape index (κ2) is 5.37. The van der Waals surface area contributed by atoms with Gasteiger partial charge in [-0.15, -0.1) is 11.3 Å². The lowest BCUT2D eigenvalue weighted by Crippen LogP contribution is -2.47. The Labute approximate surface area is 120 Å². The highest BCUT2D eigenvalue weighted by molar-refractivity contribution is 7.13. The number of aromatic nitrogens is 1. The van der Waals surface area contributed by atoms with Crippen molar-refractivity contribution in [2.75, 3.05) is 6.54 Å². The first-order valence-corrected chi connectivity index (χ1v) is 7.35. The zero-order chi connectivity index (χ0) is 15.0. The molecule has 112 valence electrons. The van der Waals surface area contributed by atoms with E-state index in [4.69, 9.17) is 0 Å². The van der Waals surface area contributed by atoms with E-state index in [0.29, 0.717) is 5.01 Å². The maximum atomic E-state index is 13.1. The summed E-state index contributed by atoms with van der Waals surface area (Å²) in [5, 5.41) is 13.1. The van der Waals surface area contributed by atoms with Crippen LogP contribution in [0.25, 0.3) is 0 Å². The highest BCUT2D eigenvalue weighted by Crippen LogP contribution is 2.38. The van der Waals surface area contributed by atoms with Crippen molar-refractivity contribution in [1.82, 2.24) is 10.3 Å². The lowest BCUT2D eigenvalue weighted by molar-refractivity contribution is -0.101. The van der Waals surface area contributed by atoms with Gasteiger partial charge in [0, 0.05) is 24.3 Å². The molecule has 4 nitrogen and oxygen atoms in total. The Kier molecular flexibility index (Phi) is 4.11. The number of aryl methyl sites for hydroxylation is 2. The number of nitrogens with one attached hydrogen (secondary N) is 1. The highest BCUT2D eigenvalue weighted by atomic mass is 32.1. The van der Waals surface area contributed by atoms with Crippen LogP contribution in [0.15, 0.2) is 0 Å². The molecule has 0 bridgehead atoms. The zero-order valence-corrected chi connectivity index (χ0v) is 12.3. The van der Waals surface area contributed by atoms with Gasteiger partial charge in [-0.2, -0.15) is 0 Å². The van der Waals surface area contributed by atoms with Gasteiger partial charge in [-0.25, -0.2) is 13.8 Å². The minimum Gasteiger partial charge on any atom is -0.388 e. The third-order valence-corrected chi connectivity index (χ3v) is 4.78. The fourth-order valence-electron chi connectivity index (χ4n) is 2.15. The van der Waals surface area contributed by atoms with Crippen LogP contribution in [-0.4, -0.2) is 34.1 Å². The topological polar surface area (TPSA) is 62.2 Å². The van der Waals surface area contributed by atoms with Gasteiger partial charge in [-0.1, -0.05) is 0 Å². The lowest BCUT2D eigenvalue weighted by atomic mass is 9.83. The number of nitrogens with zero attached hydrogens (tertiary/aromatic N) is 1. The van der Waals surface area contributed by atoms with Crippen molar-refractivity contribution in [2.45, 2.75) is 51.1 Å². The summed E-state index contributed by atoms with van der Waals surface area (Å²) in [7, 11) is 0. The van der Waals surface area contributed by atoms with E-state index in [1.807, 2.05) is 13.8 Å². The van der Waals surface area contributed by atoms with Crippen LogP contribution < -0.4 is 5.32 Å². The fraction of sp³-hybridized carbons (Fsp3) is 0.692. The summed E-state index contributed by atoms with van der Waals surface area (Å²) in [6.45, 7) is 3.68. The van der Waals surface area contributed by atoms with Crippen molar-refractivity contribution in [3.8, 4) is 0 Å². The molecule has 0 unspecified atom stereocenters. The number of rotatable bonds is 3. The summed E-state index contributed by atoms with van der Waals surface area (Å²) in [6.07, 6.45) is -0.684. The average Bonchev–Trinajstić information content (AvgIpc) is 2.71. The summed E-state index contributed by atoms with van der Waals surface area (Å²) in [5.74, 6) is -3.06. The number of amides is 1. The van der Waals surface area contributed by atoms with Gasteiger partial charge in [0.25, 0.3) is 5.91 Å². The van der Waals surface area contributed by atoms with Crippen LogP contribution in [0.4, 0.5) is 8.78 Å². The molecule has 7 heteroatoms. The zero-order valence-electron chi connectivity index (χ0n) is 11.5. The van der Waals surface area contributed by atoms with Crippen molar-refractivity contribution in [2.24, 2.45) is 0 Å². The van der Waals surface area contributed by atoms with Crippen LogP contribution in [0.1, 0.15) is 46.1 Å². The molecule has 0 saturated heterocycles. The smallest absolute Gasteiger partial charge is 0.280 e. The van der Waals surface area contributed by atoms with Crippen LogP contribution in [0.3, 0.4) is 0 Å². The molecule has 1 aliphatic rings. The van der Waals surface area contributed by atoms with Crippen molar-refractivity contribution < 1.29 is 18.7 Å². The van der Waals surface area contributed by atoms with Crippen molar-refractivity contribution in [3.05, 3.63) is 15.6 Å². The van der Waals surface area contributed by atoms with E-state index in [1.165, 1.54) is 11.3 Å². The molecule has 1 saturated carbocycles. The number of alkyl halides is 2. The number of aliphatic hydroxyl groups is 1. The monoisotopic (exact) mass is 304 g/mol. The minimum atomic E-state index is -2.69. The maximum Gasteiger partial charge on any atom is 0.280 e. The molecule has 1 aromatic rings. The fourth-order valence-corrected chi connectivity index (χ4v) is 2.98. The van der Waals surface area contributed by atoms with Gasteiger partial charge >= 0.3 is 0 Å². The van der Waals surface area contributed by atoms with Gasteiger partial charge in [0.2, 0.25) is 5.92 Å². The molecule has 1 heterocycles. The predicted octanol–water partition coefficient (Wildman–Crippen LogP) is 2.43. The Hall–Kier alpha value is -1.08. The summed E-state index contributed by atoms with van der Waals surface area (Å²) < 4.78 is 26.1. The van der Waals surface area contributed by atoms with Gasteiger partial charge in [-0.05, 0) is 26.7 Å². The van der Waals surface area contributed by atoms with Crippen molar-refractivity contribution in [1.29, 1.82) is 0 Å². The Morgan fingerprint density at radius 2 is 1.95 bits per heavy atom. The molecule has 0 aliphatic heterocycles. The van der Waals surface area contributed by atoms with Crippen LogP contribution in [0.5, 0.6) is 0 Å². The van der Waals surface area contributed by atoms with Crippen molar-refractivity contribution in [3.63, 3.8) is 0 Å². The minimum absolute atomic E-state index is 0.00377. The van der Waals surface area contributed by atoms with E-state index in [2.05, 4.69) is 10.3 Å². The molecule has 1 aliphatic carbocycles. The molecule has 1 aromatic heterocycles. The molecule has 0 spiro atoms. The Balaban J connectivity index is 1.90. The standard InChI is InChI=1S/C13H18F2N2O2S/c1-8-9(2)20-11(17-8)10(18)16-7-12(19)3-5-13(14,15)6-4-12/h19H,3-7H2,1-2H3,(H,16,18). The van der Waals surface area contributed by atoms with Crippen LogP contribution in [0.2, 0.25) is 0 Å². The number of carbonyl (C=O) groups excluding carboxylic acids is 1. The highest BCUT2D eigenvalue weighted by Gasteiger charge is 2.42. The summed E-state index contributed by atoms with van der Waals surface area (Å²) in [4.78, 5) is 17.0. The Morgan fingerprint density at radius 1 is 1.35 bits per heavy atom. The summed E-state index contributed by atoms with van der Waals surface area (Å²) in [6, 6.07) is 0. The van der Waals surface area contributed by atoms with Gasteiger partial charge in [0.1, 0.15) is 0 Å². The molecular formula is C13H18F2N2O2S. The lowest BCUT2D eigenvalue weighted by Gasteiger charge is -2.35. The van der Waals surface area contributed by atoms with Crippen LogP contribution >= 0.6 is 11.3 Å². The molecule has 2 N–H and O–H groups in total. The molecule has 20 heavy (non-hydrogen) atoms. The summed E-state index contributed by atoms with van der Waals surface area (Å²) in [5.41, 5.74) is -0.435. The second-order valence-electron chi connectivity index (χ2n) is 5.42. The van der Waals surface area contributed by atoms with E-state index < -0.39 is 11.5 Å². The maximum absolute atomic E-state index is 13.1. The quantitative estimate of drug-likeness (QED) is 0.901. The van der Waals surface area contributed by atoms with E-state index in [-0.39, 0.29) is 38.1 Å². The molecule has 2 rings (SSSR count). The van der Waals surface area contributed by atoms with Gasteiger partial charge < -0.3 is 10.4 Å². The number of carbonyl (C=O) groups is 1. The van der Waals surface area contributed by atoms with E-state index in [9.17, 15) is 18.7 Å². The Morgan fingerprint density at radius 3 is 2.45 bits per heavy atom. The van der Waals surface area contributed by atoms with Gasteiger partial charge in [-0.3, -0.25) is 4.79 Å². The van der Waals surface area contributed by atoms with Gasteiger partial charge in [0.05, 0.1) is 11.3 Å². The molecular weight excluding hydrogens is 286 g/mol. The first kappa shape index (κ1) is 15.3. The van der Waals surface area contributed by atoms with Crippen LogP contribution in [-0.2, 0) is 0 Å². The second-order valence-corrected chi connectivity index (χ2v) is 6.63. The summed E-state index contributed by atoms with van der Waals surface area (Å²) >= 11 is 1.28. The largest absolute Gasteiger partial charge is 0.388 e. The molecule has 1 amide bonds. The predicted molar refractivity (Wildman–Crippen MR) is 72.3 cm³/mol. The third kappa shape index (κ3) is 3.52. The van der Waals surface area contributed by atoms with Crippen molar-refractivity contribution >= 4 is 17.2 Å². The third-order valence-electron chi connectivity index (χ3n) is 3.71. The molecule has 0 radical (unpaired) electrons. The van der Waals surface area contributed by atoms with E-state index in [1.54, 1.807) is 0 Å². The Bertz CT molecular complexity index is 487. The number of hydrogen-bond donors (Lipinski definition) is 2.